The third-order valence-electron chi connectivity index (χ3n) is 1.77. The van der Waals surface area contributed by atoms with Crippen molar-refractivity contribution in [2.45, 2.75) is 19.5 Å². The van der Waals surface area contributed by atoms with E-state index in [1.54, 1.807) is 6.92 Å². The van der Waals surface area contributed by atoms with Gasteiger partial charge in [0.1, 0.15) is 0 Å². The average Bonchev–Trinajstić information content (AvgIpc) is 2.17. The SMILES string of the molecule is CCOC(=O)Cc1cc(C(F)(F)F)ccn1. The predicted molar refractivity (Wildman–Crippen MR) is 49.6 cm³/mol. The smallest absolute Gasteiger partial charge is 0.416 e. The van der Waals surface area contributed by atoms with Gasteiger partial charge in [0.2, 0.25) is 0 Å². The lowest BCUT2D eigenvalue weighted by atomic mass is 10.2. The van der Waals surface area contributed by atoms with E-state index in [-0.39, 0.29) is 18.7 Å². The molecule has 0 saturated carbocycles. The van der Waals surface area contributed by atoms with Crippen LogP contribution in [0.15, 0.2) is 18.3 Å². The van der Waals surface area contributed by atoms with Crippen LogP contribution in [0.5, 0.6) is 0 Å². The topological polar surface area (TPSA) is 39.2 Å². The van der Waals surface area contributed by atoms with Gasteiger partial charge in [-0.15, -0.1) is 0 Å². The minimum atomic E-state index is -4.42. The minimum Gasteiger partial charge on any atom is -0.466 e. The second-order valence-corrected chi connectivity index (χ2v) is 3.02. The summed E-state index contributed by atoms with van der Waals surface area (Å²) in [5.74, 6) is -0.589. The first-order chi connectivity index (χ1) is 7.43. The summed E-state index contributed by atoms with van der Waals surface area (Å²) in [6.45, 7) is 1.81. The zero-order valence-electron chi connectivity index (χ0n) is 8.54. The van der Waals surface area contributed by atoms with E-state index in [9.17, 15) is 18.0 Å². The third-order valence-corrected chi connectivity index (χ3v) is 1.77. The van der Waals surface area contributed by atoms with Crippen LogP contribution >= 0.6 is 0 Å². The number of carbonyl (C=O) groups excluding carboxylic acids is 1. The normalized spacial score (nSPS) is 11.2. The Morgan fingerprint density at radius 3 is 2.75 bits per heavy atom. The van der Waals surface area contributed by atoms with Gasteiger partial charge in [-0.2, -0.15) is 13.2 Å². The van der Waals surface area contributed by atoms with Gasteiger partial charge in [0.15, 0.2) is 0 Å². The van der Waals surface area contributed by atoms with Crippen molar-refractivity contribution in [3.8, 4) is 0 Å². The number of aromatic nitrogens is 1. The van der Waals surface area contributed by atoms with Crippen molar-refractivity contribution in [2.24, 2.45) is 0 Å². The quantitative estimate of drug-likeness (QED) is 0.751. The number of esters is 1. The number of halogens is 3. The molecule has 0 unspecified atom stereocenters. The molecule has 1 rings (SSSR count). The molecule has 0 N–H and O–H groups in total. The molecule has 88 valence electrons. The van der Waals surface area contributed by atoms with Crippen LogP contribution in [0.2, 0.25) is 0 Å². The standard InChI is InChI=1S/C10H10F3NO2/c1-2-16-9(15)6-8-5-7(3-4-14-8)10(11,12)13/h3-5H,2,6H2,1H3. The Kier molecular flexibility index (Phi) is 3.87. The molecule has 0 aliphatic rings. The van der Waals surface area contributed by atoms with Crippen molar-refractivity contribution in [1.29, 1.82) is 0 Å². The van der Waals surface area contributed by atoms with Gasteiger partial charge in [0.05, 0.1) is 24.3 Å². The van der Waals surface area contributed by atoms with Gasteiger partial charge in [-0.1, -0.05) is 0 Å². The van der Waals surface area contributed by atoms with E-state index < -0.39 is 17.7 Å². The van der Waals surface area contributed by atoms with Gasteiger partial charge in [-0.25, -0.2) is 0 Å². The van der Waals surface area contributed by atoms with Crippen LogP contribution in [-0.4, -0.2) is 17.6 Å². The lowest BCUT2D eigenvalue weighted by Crippen LogP contribution is -2.11. The van der Waals surface area contributed by atoms with Crippen LogP contribution < -0.4 is 0 Å². The van der Waals surface area contributed by atoms with Crippen molar-refractivity contribution in [2.75, 3.05) is 6.61 Å². The number of hydrogen-bond donors (Lipinski definition) is 0. The molecule has 0 atom stereocenters. The minimum absolute atomic E-state index is 0.0493. The van der Waals surface area contributed by atoms with Crippen LogP contribution in [0.1, 0.15) is 18.2 Å². The van der Waals surface area contributed by atoms with Crippen molar-refractivity contribution < 1.29 is 22.7 Å². The molecule has 0 aliphatic heterocycles. The Labute approximate surface area is 90.2 Å². The lowest BCUT2D eigenvalue weighted by molar-refractivity contribution is -0.143. The fraction of sp³-hybridized carbons (Fsp3) is 0.400. The molecule has 1 aromatic heterocycles. The van der Waals surface area contributed by atoms with E-state index in [4.69, 9.17) is 0 Å². The van der Waals surface area contributed by atoms with E-state index in [0.29, 0.717) is 0 Å². The first-order valence-electron chi connectivity index (χ1n) is 4.61. The highest BCUT2D eigenvalue weighted by Gasteiger charge is 2.30. The van der Waals surface area contributed by atoms with Crippen LogP contribution in [-0.2, 0) is 22.1 Å². The molecular formula is C10H10F3NO2. The fourth-order valence-electron chi connectivity index (χ4n) is 1.11. The highest BCUT2D eigenvalue weighted by molar-refractivity contribution is 5.71. The fourth-order valence-corrected chi connectivity index (χ4v) is 1.11. The number of pyridine rings is 1. The van der Waals surface area contributed by atoms with Gasteiger partial charge >= 0.3 is 12.1 Å². The summed E-state index contributed by atoms with van der Waals surface area (Å²) < 4.78 is 41.5. The molecule has 0 aromatic carbocycles. The highest BCUT2D eigenvalue weighted by atomic mass is 19.4. The number of nitrogens with zero attached hydrogens (tertiary/aromatic N) is 1. The maximum absolute atomic E-state index is 12.3. The summed E-state index contributed by atoms with van der Waals surface area (Å²) in [4.78, 5) is 14.7. The monoisotopic (exact) mass is 233 g/mol. The lowest BCUT2D eigenvalue weighted by Gasteiger charge is -2.07. The molecule has 0 fully saturated rings. The van der Waals surface area contributed by atoms with Gasteiger partial charge < -0.3 is 4.74 Å². The molecule has 0 saturated heterocycles. The Balaban J connectivity index is 2.79. The van der Waals surface area contributed by atoms with E-state index in [2.05, 4.69) is 9.72 Å². The molecule has 0 spiro atoms. The van der Waals surface area contributed by atoms with E-state index >= 15 is 0 Å². The molecule has 6 heteroatoms. The van der Waals surface area contributed by atoms with Gasteiger partial charge in [-0.3, -0.25) is 9.78 Å². The van der Waals surface area contributed by atoms with Crippen LogP contribution in [0.4, 0.5) is 13.2 Å². The predicted octanol–water partition coefficient (Wildman–Crippen LogP) is 2.21. The number of hydrogen-bond acceptors (Lipinski definition) is 3. The molecule has 0 aliphatic carbocycles. The maximum atomic E-state index is 12.3. The van der Waals surface area contributed by atoms with E-state index in [1.165, 1.54) is 0 Å². The van der Waals surface area contributed by atoms with E-state index in [0.717, 1.165) is 18.3 Å². The first-order valence-corrected chi connectivity index (χ1v) is 4.61. The Hall–Kier alpha value is -1.59. The van der Waals surface area contributed by atoms with Crippen molar-refractivity contribution in [1.82, 2.24) is 4.98 Å². The third kappa shape index (κ3) is 3.52. The summed E-state index contributed by atoms with van der Waals surface area (Å²) >= 11 is 0. The Morgan fingerprint density at radius 2 is 2.19 bits per heavy atom. The summed E-state index contributed by atoms with van der Waals surface area (Å²) in [7, 11) is 0. The molecule has 16 heavy (non-hydrogen) atoms. The molecular weight excluding hydrogens is 223 g/mol. The molecule has 3 nitrogen and oxygen atoms in total. The molecule has 0 radical (unpaired) electrons. The number of alkyl halides is 3. The number of rotatable bonds is 3. The highest BCUT2D eigenvalue weighted by Crippen LogP contribution is 2.29. The zero-order valence-corrected chi connectivity index (χ0v) is 8.54. The number of ether oxygens (including phenoxy) is 1. The summed E-state index contributed by atoms with van der Waals surface area (Å²) in [6, 6.07) is 1.70. The Morgan fingerprint density at radius 1 is 1.50 bits per heavy atom. The van der Waals surface area contributed by atoms with E-state index in [1.807, 2.05) is 0 Å². The van der Waals surface area contributed by atoms with Gasteiger partial charge in [0.25, 0.3) is 0 Å². The first kappa shape index (κ1) is 12.5. The van der Waals surface area contributed by atoms with Crippen molar-refractivity contribution in [3.63, 3.8) is 0 Å². The average molecular weight is 233 g/mol. The second-order valence-electron chi connectivity index (χ2n) is 3.02. The maximum Gasteiger partial charge on any atom is 0.416 e. The van der Waals surface area contributed by atoms with Gasteiger partial charge in [0, 0.05) is 6.20 Å². The number of carbonyl (C=O) groups is 1. The van der Waals surface area contributed by atoms with Crippen LogP contribution in [0.3, 0.4) is 0 Å². The summed E-state index contributed by atoms with van der Waals surface area (Å²) in [5, 5.41) is 0. The molecule has 0 bridgehead atoms. The largest absolute Gasteiger partial charge is 0.466 e. The molecule has 1 heterocycles. The Bertz CT molecular complexity index is 377. The van der Waals surface area contributed by atoms with Crippen LogP contribution in [0.25, 0.3) is 0 Å². The van der Waals surface area contributed by atoms with Crippen molar-refractivity contribution in [3.05, 3.63) is 29.6 Å². The molecule has 0 amide bonds. The zero-order chi connectivity index (χ0) is 12.2. The summed E-state index contributed by atoms with van der Waals surface area (Å²) in [5.41, 5.74) is -0.768. The second kappa shape index (κ2) is 4.96. The van der Waals surface area contributed by atoms with Crippen molar-refractivity contribution >= 4 is 5.97 Å². The van der Waals surface area contributed by atoms with Crippen LogP contribution in [0, 0.1) is 0 Å². The molecule has 1 aromatic rings. The summed E-state index contributed by atoms with van der Waals surface area (Å²) in [6.07, 6.45) is -3.65. The van der Waals surface area contributed by atoms with Gasteiger partial charge in [-0.05, 0) is 19.1 Å².